The largest absolute Gasteiger partial charge is 0.355 e. The molecule has 0 aliphatic carbocycles. The van der Waals surface area contributed by atoms with Crippen LogP contribution in [-0.4, -0.2) is 22.5 Å². The molecule has 1 N–H and O–H groups in total. The van der Waals surface area contributed by atoms with E-state index in [0.717, 1.165) is 34.5 Å². The fourth-order valence-corrected chi connectivity index (χ4v) is 4.30. The second kappa shape index (κ2) is 7.79. The maximum Gasteiger partial charge on any atom is 0.251 e. The van der Waals surface area contributed by atoms with Crippen molar-refractivity contribution in [2.24, 2.45) is 0 Å². The molecule has 4 heteroatoms. The lowest BCUT2D eigenvalue weighted by Gasteiger charge is -2.14. The molecule has 152 valence electrons. The fraction of sp³-hybridized carbons (Fsp3) is 0.231. The average Bonchev–Trinajstić information content (AvgIpc) is 3.12. The molecule has 1 heterocycles. The Bertz CT molecular complexity index is 1270. The Morgan fingerprint density at radius 1 is 0.933 bits per heavy atom. The standard InChI is InChI=1S/C26H27N3O/c1-6-29-24-18(4)14-19(26(30)27-5)15-23(24)28-25(29)22-10-8-7-9-21(22)20-12-11-16(2)13-17(20)3/h7-15H,6H2,1-5H3,(H,27,30). The quantitative estimate of drug-likeness (QED) is 0.482. The molecule has 4 rings (SSSR count). The summed E-state index contributed by atoms with van der Waals surface area (Å²) in [7, 11) is 1.65. The molecule has 4 nitrogen and oxygen atoms in total. The number of carbonyl (C=O) groups excluding carboxylic acids is 1. The van der Waals surface area contributed by atoms with Gasteiger partial charge in [0.05, 0.1) is 11.0 Å². The van der Waals surface area contributed by atoms with Gasteiger partial charge >= 0.3 is 0 Å². The molecule has 0 radical (unpaired) electrons. The van der Waals surface area contributed by atoms with Gasteiger partial charge in [-0.15, -0.1) is 0 Å². The lowest BCUT2D eigenvalue weighted by atomic mass is 9.94. The van der Waals surface area contributed by atoms with E-state index in [1.54, 1.807) is 7.05 Å². The SMILES string of the molecule is CCn1c(-c2ccccc2-c2ccc(C)cc2C)nc2cc(C(=O)NC)cc(C)c21. The highest BCUT2D eigenvalue weighted by molar-refractivity contribution is 5.99. The summed E-state index contributed by atoms with van der Waals surface area (Å²) in [4.78, 5) is 17.2. The Morgan fingerprint density at radius 2 is 1.67 bits per heavy atom. The van der Waals surface area contributed by atoms with Crippen LogP contribution in [0.4, 0.5) is 0 Å². The minimum atomic E-state index is -0.0942. The number of nitrogens with one attached hydrogen (secondary N) is 1. The van der Waals surface area contributed by atoms with E-state index in [-0.39, 0.29) is 5.91 Å². The van der Waals surface area contributed by atoms with Gasteiger partial charge in [0.2, 0.25) is 0 Å². The van der Waals surface area contributed by atoms with Crippen molar-refractivity contribution in [2.75, 3.05) is 7.05 Å². The zero-order valence-corrected chi connectivity index (χ0v) is 18.2. The minimum Gasteiger partial charge on any atom is -0.355 e. The van der Waals surface area contributed by atoms with Gasteiger partial charge in [0.25, 0.3) is 5.91 Å². The molecule has 0 saturated heterocycles. The Kier molecular flexibility index (Phi) is 5.17. The van der Waals surface area contributed by atoms with E-state index in [1.165, 1.54) is 22.3 Å². The van der Waals surface area contributed by atoms with Gasteiger partial charge in [-0.1, -0.05) is 48.0 Å². The first-order valence-electron chi connectivity index (χ1n) is 10.3. The van der Waals surface area contributed by atoms with Crippen LogP contribution < -0.4 is 5.32 Å². The number of benzene rings is 3. The fourth-order valence-electron chi connectivity index (χ4n) is 4.30. The summed E-state index contributed by atoms with van der Waals surface area (Å²) in [6, 6.07) is 18.8. The van der Waals surface area contributed by atoms with Crippen LogP contribution in [0.2, 0.25) is 0 Å². The van der Waals surface area contributed by atoms with E-state index < -0.39 is 0 Å². The molecule has 30 heavy (non-hydrogen) atoms. The van der Waals surface area contributed by atoms with Crippen LogP contribution in [-0.2, 0) is 6.54 Å². The van der Waals surface area contributed by atoms with E-state index >= 15 is 0 Å². The van der Waals surface area contributed by atoms with Crippen molar-refractivity contribution in [3.05, 3.63) is 76.9 Å². The molecule has 4 aromatic rings. The van der Waals surface area contributed by atoms with Gasteiger partial charge < -0.3 is 9.88 Å². The molecule has 0 unspecified atom stereocenters. The normalized spacial score (nSPS) is 11.1. The summed E-state index contributed by atoms with van der Waals surface area (Å²) >= 11 is 0. The van der Waals surface area contributed by atoms with Crippen molar-refractivity contribution >= 4 is 16.9 Å². The zero-order chi connectivity index (χ0) is 21.4. The van der Waals surface area contributed by atoms with Gasteiger partial charge in [-0.25, -0.2) is 4.98 Å². The van der Waals surface area contributed by atoms with E-state index in [9.17, 15) is 4.79 Å². The molecule has 0 aliphatic heterocycles. The second-order valence-electron chi connectivity index (χ2n) is 7.78. The summed E-state index contributed by atoms with van der Waals surface area (Å²) in [6.07, 6.45) is 0. The first-order chi connectivity index (χ1) is 14.4. The summed E-state index contributed by atoms with van der Waals surface area (Å²) in [6.45, 7) is 9.25. The number of nitrogens with zero attached hydrogens (tertiary/aromatic N) is 2. The molecule has 1 aromatic heterocycles. The van der Waals surface area contributed by atoms with Crippen LogP contribution in [0.15, 0.2) is 54.6 Å². The molecule has 0 atom stereocenters. The van der Waals surface area contributed by atoms with Crippen LogP contribution in [0.1, 0.15) is 34.0 Å². The highest BCUT2D eigenvalue weighted by atomic mass is 16.1. The molecular formula is C26H27N3O. The summed E-state index contributed by atoms with van der Waals surface area (Å²) in [5.74, 6) is 0.837. The van der Waals surface area contributed by atoms with Crippen LogP contribution in [0.3, 0.4) is 0 Å². The van der Waals surface area contributed by atoms with Crippen molar-refractivity contribution in [3.63, 3.8) is 0 Å². The maximum atomic E-state index is 12.2. The highest BCUT2D eigenvalue weighted by Crippen LogP contribution is 2.36. The van der Waals surface area contributed by atoms with Gasteiger partial charge in [0.1, 0.15) is 5.82 Å². The monoisotopic (exact) mass is 397 g/mol. The third kappa shape index (κ3) is 3.28. The number of fused-ring (bicyclic) bond motifs is 1. The molecule has 0 fully saturated rings. The van der Waals surface area contributed by atoms with E-state index in [4.69, 9.17) is 4.98 Å². The third-order valence-corrected chi connectivity index (χ3v) is 5.68. The first kappa shape index (κ1) is 19.9. The molecule has 0 saturated carbocycles. The third-order valence-electron chi connectivity index (χ3n) is 5.68. The Morgan fingerprint density at radius 3 is 2.33 bits per heavy atom. The number of carbonyl (C=O) groups is 1. The van der Waals surface area contributed by atoms with Crippen LogP contribution in [0, 0.1) is 20.8 Å². The van der Waals surface area contributed by atoms with Crippen LogP contribution in [0.25, 0.3) is 33.5 Å². The molecule has 1 amide bonds. The zero-order valence-electron chi connectivity index (χ0n) is 18.2. The number of aromatic nitrogens is 2. The van der Waals surface area contributed by atoms with E-state index in [0.29, 0.717) is 5.56 Å². The topological polar surface area (TPSA) is 46.9 Å². The van der Waals surface area contributed by atoms with Crippen molar-refractivity contribution in [3.8, 4) is 22.5 Å². The van der Waals surface area contributed by atoms with Gasteiger partial charge in [0, 0.05) is 24.7 Å². The van der Waals surface area contributed by atoms with Crippen molar-refractivity contribution < 1.29 is 4.79 Å². The Balaban J connectivity index is 1.99. The molecule has 3 aromatic carbocycles. The number of rotatable bonds is 4. The number of imidazole rings is 1. The van der Waals surface area contributed by atoms with Crippen LogP contribution >= 0.6 is 0 Å². The van der Waals surface area contributed by atoms with Gasteiger partial charge in [0.15, 0.2) is 0 Å². The van der Waals surface area contributed by atoms with Gasteiger partial charge in [-0.05, 0) is 62.1 Å². The second-order valence-corrected chi connectivity index (χ2v) is 7.78. The van der Waals surface area contributed by atoms with Gasteiger partial charge in [-0.2, -0.15) is 0 Å². The summed E-state index contributed by atoms with van der Waals surface area (Å²) in [5.41, 5.74) is 9.61. The van der Waals surface area contributed by atoms with E-state index in [1.807, 2.05) is 19.1 Å². The smallest absolute Gasteiger partial charge is 0.251 e. The average molecular weight is 398 g/mol. The number of hydrogen-bond acceptors (Lipinski definition) is 2. The Labute approximate surface area is 177 Å². The lowest BCUT2D eigenvalue weighted by molar-refractivity contribution is 0.0963. The van der Waals surface area contributed by atoms with E-state index in [2.05, 4.69) is 73.1 Å². The van der Waals surface area contributed by atoms with Crippen molar-refractivity contribution in [2.45, 2.75) is 34.2 Å². The summed E-state index contributed by atoms with van der Waals surface area (Å²) in [5, 5.41) is 2.71. The minimum absolute atomic E-state index is 0.0942. The highest BCUT2D eigenvalue weighted by Gasteiger charge is 2.19. The molecule has 0 spiro atoms. The molecular weight excluding hydrogens is 370 g/mol. The number of hydrogen-bond donors (Lipinski definition) is 1. The first-order valence-corrected chi connectivity index (χ1v) is 10.3. The van der Waals surface area contributed by atoms with Crippen molar-refractivity contribution in [1.82, 2.24) is 14.9 Å². The van der Waals surface area contributed by atoms with Crippen molar-refractivity contribution in [1.29, 1.82) is 0 Å². The number of aryl methyl sites for hydroxylation is 4. The molecule has 0 bridgehead atoms. The lowest BCUT2D eigenvalue weighted by Crippen LogP contribution is -2.17. The maximum absolute atomic E-state index is 12.2. The van der Waals surface area contributed by atoms with Crippen LogP contribution in [0.5, 0.6) is 0 Å². The summed E-state index contributed by atoms with van der Waals surface area (Å²) < 4.78 is 2.25. The molecule has 0 aliphatic rings. The number of amides is 1. The van der Waals surface area contributed by atoms with Gasteiger partial charge in [-0.3, -0.25) is 4.79 Å². The predicted molar refractivity (Wildman–Crippen MR) is 124 cm³/mol. The Hall–Kier alpha value is -3.40. The predicted octanol–water partition coefficient (Wildman–Crippen LogP) is 5.68.